The van der Waals surface area contributed by atoms with Crippen molar-refractivity contribution in [2.45, 2.75) is 113 Å². The van der Waals surface area contributed by atoms with Gasteiger partial charge in [-0.25, -0.2) is 14.6 Å². The fourth-order valence-electron chi connectivity index (χ4n) is 12.5. The van der Waals surface area contributed by atoms with Crippen molar-refractivity contribution in [2.24, 2.45) is 23.7 Å². The van der Waals surface area contributed by atoms with Crippen LogP contribution in [0.15, 0.2) is 72.8 Å². The number of carbonyl (C=O) groups excluding carboxylic acids is 4. The Hall–Kier alpha value is -5.50. The molecule has 6 aliphatic rings. The van der Waals surface area contributed by atoms with Gasteiger partial charge in [0.1, 0.15) is 0 Å². The van der Waals surface area contributed by atoms with Gasteiger partial charge in [-0.1, -0.05) is 94.1 Å². The Morgan fingerprint density at radius 2 is 1.00 bits per heavy atom. The van der Waals surface area contributed by atoms with Crippen LogP contribution in [0.4, 0.5) is 17.1 Å². The van der Waals surface area contributed by atoms with Gasteiger partial charge < -0.3 is 19.7 Å². The summed E-state index contributed by atoms with van der Waals surface area (Å²) in [5.41, 5.74) is -0.697. The monoisotopic (exact) mass is 836 g/mol. The van der Waals surface area contributed by atoms with Crippen molar-refractivity contribution in [3.8, 4) is 6.07 Å². The minimum absolute atomic E-state index is 0.0722. The highest BCUT2D eigenvalue weighted by Crippen LogP contribution is 2.65. The van der Waals surface area contributed by atoms with Crippen molar-refractivity contribution in [3.63, 3.8) is 0 Å². The molecule has 0 aliphatic carbocycles. The van der Waals surface area contributed by atoms with Crippen LogP contribution in [-0.2, 0) is 28.7 Å². The summed E-state index contributed by atoms with van der Waals surface area (Å²) in [5.74, 6) is -3.03. The first-order valence-corrected chi connectivity index (χ1v) is 22.2. The molecule has 4 unspecified atom stereocenters. The smallest absolute Gasteiger partial charge is 0.240 e. The number of ether oxygens (including phenoxy) is 2. The molecule has 4 aromatic rings. The predicted octanol–water partition coefficient (Wildman–Crippen LogP) is 8.06. The van der Waals surface area contributed by atoms with Crippen molar-refractivity contribution in [1.29, 1.82) is 5.26 Å². The summed E-state index contributed by atoms with van der Waals surface area (Å²) in [4.78, 5) is 61.4. The number of carbonyl (C=O) groups is 4. The number of unbranched alkanes of at least 4 members (excludes halogenated alkanes) is 2. The maximum Gasteiger partial charge on any atom is 0.240 e. The van der Waals surface area contributed by atoms with E-state index in [4.69, 9.17) is 16.0 Å². The van der Waals surface area contributed by atoms with Gasteiger partial charge in [0.25, 0.3) is 0 Å². The zero-order chi connectivity index (χ0) is 43.6. The minimum atomic E-state index is -0.767. The second-order valence-corrected chi connectivity index (χ2v) is 18.1. The number of fused-ring (bicyclic) bond motifs is 12. The SMILES string of the molecule is CCCCC12CCC(CCO)(O1)[C@H]1C(=O)N(c3ccc(C#N)c4ccccc34)C(=O)[C@H]12.[C-]#[N+]c1ccc(N2C(=O)[C@@H]3[C@H](C2=O)C2(CCCC)CCC3(CCO)O2)c2ccccc12. The van der Waals surface area contributed by atoms with Crippen LogP contribution in [0.5, 0.6) is 0 Å². The van der Waals surface area contributed by atoms with Crippen LogP contribution in [0.25, 0.3) is 26.4 Å². The summed E-state index contributed by atoms with van der Waals surface area (Å²) in [7, 11) is 0. The zero-order valence-electron chi connectivity index (χ0n) is 35.3. The van der Waals surface area contributed by atoms with Gasteiger partial charge in [-0.05, 0) is 67.5 Å². The third kappa shape index (κ3) is 5.91. The molecule has 12 nitrogen and oxygen atoms in total. The molecule has 6 heterocycles. The molecular formula is C50H52N4O8. The number of aliphatic hydroxyl groups is 2. The number of benzene rings is 4. The molecule has 0 radical (unpaired) electrons. The molecule has 0 saturated carbocycles. The number of rotatable bonds is 12. The predicted molar refractivity (Wildman–Crippen MR) is 232 cm³/mol. The van der Waals surface area contributed by atoms with Gasteiger partial charge in [-0.2, -0.15) is 5.26 Å². The van der Waals surface area contributed by atoms with E-state index >= 15 is 0 Å². The Balaban J connectivity index is 0.000000158. The van der Waals surface area contributed by atoms with E-state index in [1.807, 2.05) is 48.5 Å². The maximum atomic E-state index is 13.8. The summed E-state index contributed by atoms with van der Waals surface area (Å²) < 4.78 is 13.1. The standard InChI is InChI=1S/2C25H26N2O4/c1-3-4-11-24-12-13-25(31-24,14-15-28)21-20(24)22(29)27(23(21)30)19-10-9-18(26-2)16-7-5-6-8-17(16)19;1-2-3-10-24-11-12-25(31-24,13-14-28)21-20(24)22(29)27(23(21)30)19-9-8-16(15-26)17-6-4-5-7-18(17)19/h5-10,20-21,28H,3-4,11-15H2,1H3;4-9,20-21,28H,2-3,10-14H2,1H3/t2*20-,21+,24?,25?/m10/s1. The topological polar surface area (TPSA) is 162 Å². The second kappa shape index (κ2) is 15.7. The van der Waals surface area contributed by atoms with E-state index in [-0.39, 0.29) is 36.8 Å². The largest absolute Gasteiger partial charge is 0.396 e. The quantitative estimate of drug-likeness (QED) is 0.106. The Morgan fingerprint density at radius 3 is 1.40 bits per heavy atom. The Bertz CT molecular complexity index is 2420. The highest BCUT2D eigenvalue weighted by atomic mass is 16.5. The van der Waals surface area contributed by atoms with Gasteiger partial charge >= 0.3 is 0 Å². The molecule has 6 saturated heterocycles. The third-order valence-electron chi connectivity index (χ3n) is 15.1. The summed E-state index contributed by atoms with van der Waals surface area (Å²) in [6.07, 6.45) is 8.96. The molecule has 4 aromatic carbocycles. The summed E-state index contributed by atoms with van der Waals surface area (Å²) >= 11 is 0. The molecule has 0 aromatic heterocycles. The number of aliphatic hydroxyl groups excluding tert-OH is 2. The Morgan fingerprint density at radius 1 is 0.613 bits per heavy atom. The van der Waals surface area contributed by atoms with E-state index in [1.165, 1.54) is 9.80 Å². The number of nitriles is 1. The van der Waals surface area contributed by atoms with Crippen molar-refractivity contribution in [3.05, 3.63) is 89.8 Å². The first kappa shape index (κ1) is 41.8. The molecule has 4 bridgehead atoms. The van der Waals surface area contributed by atoms with Gasteiger partial charge in [0.15, 0.2) is 5.69 Å². The highest BCUT2D eigenvalue weighted by molar-refractivity contribution is 6.27. The van der Waals surface area contributed by atoms with Crippen LogP contribution in [-0.4, -0.2) is 69.5 Å². The number of amides is 4. The number of anilines is 2. The fraction of sp³-hybridized carbons (Fsp3) is 0.480. The van der Waals surface area contributed by atoms with Crippen molar-refractivity contribution in [2.75, 3.05) is 23.0 Å². The molecule has 4 amide bonds. The van der Waals surface area contributed by atoms with Crippen molar-refractivity contribution in [1.82, 2.24) is 0 Å². The number of imide groups is 2. The Kier molecular flexibility index (Phi) is 10.6. The third-order valence-corrected chi connectivity index (χ3v) is 15.1. The molecule has 2 N–H and O–H groups in total. The number of nitrogens with zero attached hydrogens (tertiary/aromatic N) is 4. The van der Waals surface area contributed by atoms with E-state index in [0.29, 0.717) is 48.3 Å². The molecule has 62 heavy (non-hydrogen) atoms. The average molecular weight is 837 g/mol. The molecule has 10 rings (SSSR count). The summed E-state index contributed by atoms with van der Waals surface area (Å²) in [6.45, 7) is 11.5. The van der Waals surface area contributed by atoms with Crippen LogP contribution in [0, 0.1) is 41.6 Å². The molecule has 6 fully saturated rings. The maximum absolute atomic E-state index is 13.8. The van der Waals surface area contributed by atoms with E-state index in [2.05, 4.69) is 24.8 Å². The van der Waals surface area contributed by atoms with Gasteiger partial charge in [0.05, 0.1) is 75.7 Å². The van der Waals surface area contributed by atoms with Crippen molar-refractivity contribution < 1.29 is 38.9 Å². The second-order valence-electron chi connectivity index (χ2n) is 18.1. The average Bonchev–Trinajstić information content (AvgIpc) is 4.10. The molecule has 6 aliphatic heterocycles. The molecule has 320 valence electrons. The molecular weight excluding hydrogens is 785 g/mol. The van der Waals surface area contributed by atoms with E-state index < -0.39 is 46.1 Å². The van der Waals surface area contributed by atoms with E-state index in [0.717, 1.165) is 72.9 Å². The van der Waals surface area contributed by atoms with Crippen LogP contribution in [0.2, 0.25) is 0 Å². The lowest BCUT2D eigenvalue weighted by atomic mass is 9.65. The molecule has 12 heteroatoms. The van der Waals surface area contributed by atoms with E-state index in [1.54, 1.807) is 24.3 Å². The Labute approximate surface area is 361 Å². The number of hydrogen-bond donors (Lipinski definition) is 2. The van der Waals surface area contributed by atoms with Gasteiger partial charge in [0, 0.05) is 36.8 Å². The summed E-state index contributed by atoms with van der Waals surface area (Å²) in [5, 5.41) is 31.9. The normalized spacial score (nSPS) is 31.5. The number of hydrogen-bond acceptors (Lipinski definition) is 9. The van der Waals surface area contributed by atoms with Crippen molar-refractivity contribution >= 4 is 62.2 Å². The van der Waals surface area contributed by atoms with Gasteiger partial charge in [-0.3, -0.25) is 19.2 Å². The summed E-state index contributed by atoms with van der Waals surface area (Å²) in [6, 6.07) is 23.8. The first-order valence-electron chi connectivity index (χ1n) is 22.2. The molecule has 0 spiro atoms. The zero-order valence-corrected chi connectivity index (χ0v) is 35.3. The van der Waals surface area contributed by atoms with E-state index in [9.17, 15) is 34.7 Å². The first-order chi connectivity index (χ1) is 30.0. The van der Waals surface area contributed by atoms with Crippen LogP contribution in [0.1, 0.15) is 96.5 Å². The lowest BCUT2D eigenvalue weighted by Gasteiger charge is -2.31. The lowest BCUT2D eigenvalue weighted by molar-refractivity contribution is -0.134. The van der Waals surface area contributed by atoms with Crippen LogP contribution >= 0.6 is 0 Å². The minimum Gasteiger partial charge on any atom is -0.396 e. The molecule has 8 atom stereocenters. The van der Waals surface area contributed by atoms with Crippen LogP contribution in [0.3, 0.4) is 0 Å². The van der Waals surface area contributed by atoms with Gasteiger partial charge in [0.2, 0.25) is 23.6 Å². The highest BCUT2D eigenvalue weighted by Gasteiger charge is 2.76. The van der Waals surface area contributed by atoms with Crippen LogP contribution < -0.4 is 9.80 Å². The lowest BCUT2D eigenvalue weighted by Crippen LogP contribution is -2.43. The fourth-order valence-corrected chi connectivity index (χ4v) is 12.5. The van der Waals surface area contributed by atoms with Gasteiger partial charge in [-0.15, -0.1) is 0 Å².